The summed E-state index contributed by atoms with van der Waals surface area (Å²) in [7, 11) is 1.63. The molecule has 0 spiro atoms. The molecule has 0 saturated heterocycles. The predicted octanol–water partition coefficient (Wildman–Crippen LogP) is 6.45. The highest BCUT2D eigenvalue weighted by atomic mass is 16.5. The summed E-state index contributed by atoms with van der Waals surface area (Å²) >= 11 is 0. The van der Waals surface area contributed by atoms with Gasteiger partial charge in [0.2, 0.25) is 5.88 Å². The second-order valence-corrected chi connectivity index (χ2v) is 11.0. The van der Waals surface area contributed by atoms with Gasteiger partial charge in [0, 0.05) is 16.7 Å². The van der Waals surface area contributed by atoms with Gasteiger partial charge in [-0.3, -0.25) is 0 Å². The molecule has 0 unspecified atom stereocenters. The molecule has 43 heavy (non-hydrogen) atoms. The molecular weight excluding hydrogens is 536 g/mol. The third-order valence-corrected chi connectivity index (χ3v) is 8.54. The van der Waals surface area contributed by atoms with Gasteiger partial charge in [-0.05, 0) is 48.7 Å². The van der Waals surface area contributed by atoms with Gasteiger partial charge in [0.1, 0.15) is 11.5 Å². The van der Waals surface area contributed by atoms with Gasteiger partial charge in [0.05, 0.1) is 24.3 Å². The van der Waals surface area contributed by atoms with Crippen molar-refractivity contribution in [3.05, 3.63) is 136 Å². The summed E-state index contributed by atoms with van der Waals surface area (Å²) in [6.07, 6.45) is 5.67. The number of fused-ring (bicyclic) bond motifs is 5. The number of aromatic nitrogens is 2. The molecular formula is C37H30N2O4. The van der Waals surface area contributed by atoms with Crippen molar-refractivity contribution >= 4 is 0 Å². The summed E-state index contributed by atoms with van der Waals surface area (Å²) in [5, 5.41) is 13.5. The number of terminal acetylenes is 1. The van der Waals surface area contributed by atoms with E-state index in [1.807, 2.05) is 105 Å². The highest BCUT2D eigenvalue weighted by molar-refractivity contribution is 5.70. The van der Waals surface area contributed by atoms with Gasteiger partial charge in [0.25, 0.3) is 0 Å². The second kappa shape index (κ2) is 10.0. The van der Waals surface area contributed by atoms with Crippen LogP contribution in [0, 0.1) is 26.2 Å². The number of nitrogens with zero attached hydrogens (tertiary/aromatic N) is 2. The highest BCUT2D eigenvalue weighted by Crippen LogP contribution is 2.70. The first-order valence-corrected chi connectivity index (χ1v) is 14.2. The molecule has 0 radical (unpaired) electrons. The summed E-state index contributed by atoms with van der Waals surface area (Å²) in [6.45, 7) is 4.03. The number of benzene rings is 4. The van der Waals surface area contributed by atoms with Gasteiger partial charge < -0.3 is 19.3 Å². The fourth-order valence-corrected chi connectivity index (χ4v) is 6.91. The summed E-state index contributed by atoms with van der Waals surface area (Å²) in [5.74, 6) is 4.07. The summed E-state index contributed by atoms with van der Waals surface area (Å²) < 4.78 is 18.8. The Hall–Kier alpha value is -5.12. The zero-order valence-electron chi connectivity index (χ0n) is 24.2. The molecule has 1 N–H and O–H groups in total. The standard InChI is InChI=1S/C37H30N2O4/c1-5-20-42-35-30-32(25-12-8-6-9-13-25)37(27-16-18-28(41-4)19-17-27)36(40,31-24(3)21-23(2)22-29(31)43-37)33(30)38-34(39-35)26-14-10-7-11-15-26/h1,6-19,21-22,32,40H,20H2,2-4H3/t32-,36+,37+/m1/s1. The molecule has 2 aliphatic rings. The molecule has 212 valence electrons. The van der Waals surface area contributed by atoms with Crippen LogP contribution >= 0.6 is 0 Å². The van der Waals surface area contributed by atoms with E-state index < -0.39 is 17.1 Å². The average molecular weight is 567 g/mol. The topological polar surface area (TPSA) is 73.7 Å². The van der Waals surface area contributed by atoms with E-state index >= 15 is 0 Å². The maximum atomic E-state index is 13.5. The number of aryl methyl sites for hydroxylation is 2. The third-order valence-electron chi connectivity index (χ3n) is 8.54. The molecule has 2 heterocycles. The largest absolute Gasteiger partial charge is 0.497 e. The van der Waals surface area contributed by atoms with Crippen molar-refractivity contribution in [2.45, 2.75) is 31.0 Å². The number of hydrogen-bond acceptors (Lipinski definition) is 6. The molecule has 6 heteroatoms. The zero-order chi connectivity index (χ0) is 29.8. The molecule has 6 nitrogen and oxygen atoms in total. The SMILES string of the molecule is C#CCOc1nc(-c2ccccc2)nc2c1[C@@H](c1ccccc1)[C@]1(c3ccc(OC)cc3)Oc3cc(C)cc(C)c3[C@]21O. The molecule has 0 saturated carbocycles. The molecule has 1 aliphatic heterocycles. The van der Waals surface area contributed by atoms with Gasteiger partial charge in [-0.25, -0.2) is 4.98 Å². The van der Waals surface area contributed by atoms with Crippen LogP contribution in [0.5, 0.6) is 17.4 Å². The van der Waals surface area contributed by atoms with E-state index in [0.29, 0.717) is 40.0 Å². The number of methoxy groups -OCH3 is 1. The Kier molecular flexibility index (Phi) is 6.23. The first-order chi connectivity index (χ1) is 20.9. The normalized spacial score (nSPS) is 21.2. The minimum atomic E-state index is -1.72. The lowest BCUT2D eigenvalue weighted by molar-refractivity contribution is -0.0906. The molecule has 0 bridgehead atoms. The summed E-state index contributed by atoms with van der Waals surface area (Å²) in [6, 6.07) is 31.4. The van der Waals surface area contributed by atoms with Gasteiger partial charge >= 0.3 is 0 Å². The molecule has 4 aromatic carbocycles. The van der Waals surface area contributed by atoms with E-state index in [2.05, 4.69) is 12.0 Å². The smallest absolute Gasteiger partial charge is 0.222 e. The van der Waals surface area contributed by atoms with Crippen molar-refractivity contribution in [2.75, 3.05) is 13.7 Å². The molecule has 3 atom stereocenters. The van der Waals surface area contributed by atoms with Gasteiger partial charge in [0.15, 0.2) is 23.6 Å². The Morgan fingerprint density at radius 2 is 1.63 bits per heavy atom. The predicted molar refractivity (Wildman–Crippen MR) is 164 cm³/mol. The second-order valence-electron chi connectivity index (χ2n) is 11.0. The molecule has 1 aliphatic carbocycles. The fraction of sp³-hybridized carbons (Fsp3) is 0.189. The Balaban J connectivity index is 1.64. The molecule has 5 aromatic rings. The zero-order valence-corrected chi connectivity index (χ0v) is 24.2. The lowest BCUT2D eigenvalue weighted by atomic mass is 9.69. The van der Waals surface area contributed by atoms with Crippen LogP contribution in [0.15, 0.2) is 97.1 Å². The summed E-state index contributed by atoms with van der Waals surface area (Å²) in [4.78, 5) is 10.1. The van der Waals surface area contributed by atoms with Crippen molar-refractivity contribution in [1.29, 1.82) is 0 Å². The van der Waals surface area contributed by atoms with Crippen molar-refractivity contribution in [1.82, 2.24) is 9.97 Å². The van der Waals surface area contributed by atoms with Crippen molar-refractivity contribution in [3.63, 3.8) is 0 Å². The van der Waals surface area contributed by atoms with Crippen molar-refractivity contribution in [2.24, 2.45) is 0 Å². The highest BCUT2D eigenvalue weighted by Gasteiger charge is 2.73. The third kappa shape index (κ3) is 3.78. The lowest BCUT2D eigenvalue weighted by Gasteiger charge is -2.40. The first-order valence-electron chi connectivity index (χ1n) is 14.2. The number of aliphatic hydroxyl groups is 1. The van der Waals surface area contributed by atoms with Crippen LogP contribution in [-0.4, -0.2) is 28.8 Å². The number of hydrogen-bond donors (Lipinski definition) is 1. The maximum Gasteiger partial charge on any atom is 0.222 e. The Morgan fingerprint density at radius 3 is 2.30 bits per heavy atom. The van der Waals surface area contributed by atoms with Crippen LogP contribution in [0.25, 0.3) is 11.4 Å². The molecule has 0 fully saturated rings. The van der Waals surface area contributed by atoms with E-state index in [1.165, 1.54) is 0 Å². The summed E-state index contributed by atoms with van der Waals surface area (Å²) in [5.41, 5.74) is 3.08. The fourth-order valence-electron chi connectivity index (χ4n) is 6.91. The maximum absolute atomic E-state index is 13.5. The quantitative estimate of drug-likeness (QED) is 0.238. The van der Waals surface area contributed by atoms with Gasteiger partial charge in [-0.1, -0.05) is 84.8 Å². The van der Waals surface area contributed by atoms with E-state index in [-0.39, 0.29) is 6.61 Å². The van der Waals surface area contributed by atoms with Gasteiger partial charge in [-0.2, -0.15) is 4.98 Å². The number of rotatable bonds is 6. The number of ether oxygens (including phenoxy) is 3. The van der Waals surface area contributed by atoms with Crippen molar-refractivity contribution < 1.29 is 19.3 Å². The van der Waals surface area contributed by atoms with Crippen LogP contribution in [0.2, 0.25) is 0 Å². The van der Waals surface area contributed by atoms with E-state index in [0.717, 1.165) is 27.8 Å². The molecule has 1 aromatic heterocycles. The minimum absolute atomic E-state index is 0.00280. The Labute approximate surface area is 251 Å². The van der Waals surface area contributed by atoms with E-state index in [9.17, 15) is 5.11 Å². The molecule has 7 rings (SSSR count). The van der Waals surface area contributed by atoms with E-state index in [4.69, 9.17) is 30.6 Å². The van der Waals surface area contributed by atoms with Crippen molar-refractivity contribution in [3.8, 4) is 41.1 Å². The van der Waals surface area contributed by atoms with E-state index in [1.54, 1.807) is 7.11 Å². The monoisotopic (exact) mass is 566 g/mol. The van der Waals surface area contributed by atoms with Crippen LogP contribution in [-0.2, 0) is 11.2 Å². The Bertz CT molecular complexity index is 1880. The average Bonchev–Trinajstić information content (AvgIpc) is 3.42. The molecule has 0 amide bonds. The first kappa shape index (κ1) is 26.8. The van der Waals surface area contributed by atoms with Crippen LogP contribution in [0.3, 0.4) is 0 Å². The van der Waals surface area contributed by atoms with Crippen LogP contribution in [0.1, 0.15) is 45.0 Å². The lowest BCUT2D eigenvalue weighted by Crippen LogP contribution is -2.49. The van der Waals surface area contributed by atoms with Gasteiger partial charge in [-0.15, -0.1) is 6.42 Å². The minimum Gasteiger partial charge on any atom is -0.497 e. The van der Waals surface area contributed by atoms with Crippen LogP contribution in [0.4, 0.5) is 0 Å². The van der Waals surface area contributed by atoms with Crippen LogP contribution < -0.4 is 14.2 Å². The Morgan fingerprint density at radius 1 is 0.930 bits per heavy atom.